The van der Waals surface area contributed by atoms with Crippen LogP contribution in [0.15, 0.2) is 103 Å². The Morgan fingerprint density at radius 1 is 0.852 bits per heavy atom. The smallest absolute Gasteiger partial charge is 0.321 e. The average Bonchev–Trinajstić information content (AvgIpc) is 2.73. The number of hydrogen-bond donors (Lipinski definition) is 1. The Morgan fingerprint density at radius 3 is 1.48 bits per heavy atom. The zero-order valence-electron chi connectivity index (χ0n) is 15.2. The molecule has 0 aliphatic heterocycles. The highest BCUT2D eigenvalue weighted by Crippen LogP contribution is 2.62. The quantitative estimate of drug-likeness (QED) is 0.604. The second-order valence-electron chi connectivity index (χ2n) is 6.24. The molecule has 3 rings (SSSR count). The molecular weight excluding hydrogens is 374 g/mol. The summed E-state index contributed by atoms with van der Waals surface area (Å²) in [6.45, 7) is 3.95. The van der Waals surface area contributed by atoms with E-state index in [1.54, 1.807) is 0 Å². The van der Waals surface area contributed by atoms with E-state index in [4.69, 9.17) is 4.52 Å². The molecular formula is C22H23O3P2+. The summed E-state index contributed by atoms with van der Waals surface area (Å²) in [5.41, 5.74) is 0. The second-order valence-corrected chi connectivity index (χ2v) is 11.8. The van der Waals surface area contributed by atoms with Gasteiger partial charge in [0.2, 0.25) is 0 Å². The van der Waals surface area contributed by atoms with Gasteiger partial charge in [-0.1, -0.05) is 61.2 Å². The van der Waals surface area contributed by atoms with Crippen LogP contribution in [0.3, 0.4) is 0 Å². The molecule has 0 saturated carbocycles. The summed E-state index contributed by atoms with van der Waals surface area (Å²) < 4.78 is 17.4. The maximum atomic E-state index is 12.5. The van der Waals surface area contributed by atoms with E-state index in [0.29, 0.717) is 6.16 Å². The van der Waals surface area contributed by atoms with Gasteiger partial charge >= 0.3 is 7.60 Å². The topological polar surface area (TPSA) is 46.5 Å². The zero-order valence-corrected chi connectivity index (χ0v) is 17.0. The van der Waals surface area contributed by atoms with Crippen molar-refractivity contribution in [3.63, 3.8) is 0 Å². The van der Waals surface area contributed by atoms with Gasteiger partial charge in [-0.25, -0.2) is 0 Å². The van der Waals surface area contributed by atoms with Gasteiger partial charge in [0.05, 0.1) is 5.31 Å². The summed E-state index contributed by atoms with van der Waals surface area (Å²) in [6, 6.07) is 30.5. The first-order chi connectivity index (χ1) is 13.0. The van der Waals surface area contributed by atoms with Crippen LogP contribution in [0.2, 0.25) is 0 Å². The van der Waals surface area contributed by atoms with E-state index in [2.05, 4.69) is 43.0 Å². The molecule has 0 bridgehead atoms. The van der Waals surface area contributed by atoms with E-state index in [1.807, 2.05) is 54.6 Å². The number of benzene rings is 3. The second kappa shape index (κ2) is 8.33. The van der Waals surface area contributed by atoms with Gasteiger partial charge in [0.15, 0.2) is 0 Å². The minimum atomic E-state index is -3.89. The highest BCUT2D eigenvalue weighted by molar-refractivity contribution is 7.96. The summed E-state index contributed by atoms with van der Waals surface area (Å²) in [4.78, 5) is 10.2. The van der Waals surface area contributed by atoms with Crippen molar-refractivity contribution in [1.29, 1.82) is 0 Å². The molecule has 0 saturated heterocycles. The highest BCUT2D eigenvalue weighted by atomic mass is 31.2. The van der Waals surface area contributed by atoms with Gasteiger partial charge in [0.25, 0.3) is 0 Å². The van der Waals surface area contributed by atoms with Crippen LogP contribution in [0.4, 0.5) is 0 Å². The van der Waals surface area contributed by atoms with E-state index in [9.17, 15) is 9.46 Å². The van der Waals surface area contributed by atoms with E-state index in [-0.39, 0.29) is 5.31 Å². The standard InChI is InChI=1S/C22H22O3P2/c1-19(27(23,24)25-2)18-26(20-12-6-3-7-13-20,21-14-8-4-9-15-21)22-16-10-5-11-17-22/h3-17H,1,18H2,2H3/p+1. The Labute approximate surface area is 161 Å². The lowest BCUT2D eigenvalue weighted by molar-refractivity contribution is 0.324. The lowest BCUT2D eigenvalue weighted by atomic mass is 10.4. The first kappa shape index (κ1) is 19.7. The molecule has 3 aromatic rings. The van der Waals surface area contributed by atoms with Crippen LogP contribution in [-0.4, -0.2) is 18.2 Å². The van der Waals surface area contributed by atoms with E-state index < -0.39 is 14.9 Å². The molecule has 1 unspecified atom stereocenters. The van der Waals surface area contributed by atoms with Gasteiger partial charge in [-0.05, 0) is 36.4 Å². The van der Waals surface area contributed by atoms with Crippen molar-refractivity contribution in [2.24, 2.45) is 0 Å². The first-order valence-electron chi connectivity index (χ1n) is 8.62. The molecule has 0 aliphatic carbocycles. The highest BCUT2D eigenvalue weighted by Gasteiger charge is 2.48. The van der Waals surface area contributed by atoms with Gasteiger partial charge in [-0.2, -0.15) is 0 Å². The van der Waals surface area contributed by atoms with E-state index in [0.717, 1.165) is 15.9 Å². The molecule has 0 aromatic heterocycles. The fourth-order valence-electron chi connectivity index (χ4n) is 3.26. The average molecular weight is 397 g/mol. The fourth-order valence-corrected chi connectivity index (χ4v) is 8.90. The van der Waals surface area contributed by atoms with Gasteiger partial charge < -0.3 is 9.42 Å². The third-order valence-corrected chi connectivity index (χ3v) is 10.8. The first-order valence-corrected chi connectivity index (χ1v) is 12.2. The van der Waals surface area contributed by atoms with Crippen LogP contribution < -0.4 is 15.9 Å². The molecule has 0 radical (unpaired) electrons. The Kier molecular flexibility index (Phi) is 6.09. The van der Waals surface area contributed by atoms with Crippen molar-refractivity contribution in [1.82, 2.24) is 0 Å². The van der Waals surface area contributed by atoms with Crippen molar-refractivity contribution < 1.29 is 14.0 Å². The molecule has 3 aromatic carbocycles. The molecule has 0 heterocycles. The maximum absolute atomic E-state index is 12.5. The minimum absolute atomic E-state index is 0.231. The molecule has 0 spiro atoms. The van der Waals surface area contributed by atoms with Crippen molar-refractivity contribution in [3.8, 4) is 0 Å². The van der Waals surface area contributed by atoms with Gasteiger partial charge in [-0.15, -0.1) is 0 Å². The van der Waals surface area contributed by atoms with Gasteiger partial charge in [-0.3, -0.25) is 4.57 Å². The van der Waals surface area contributed by atoms with Crippen LogP contribution in [0.1, 0.15) is 0 Å². The Bertz CT molecular complexity index is 844. The number of allylic oxidation sites excluding steroid dienone is 1. The minimum Gasteiger partial charge on any atom is -0.321 e. The largest absolute Gasteiger partial charge is 0.357 e. The Hall–Kier alpha value is -2.02. The van der Waals surface area contributed by atoms with Crippen LogP contribution in [0.5, 0.6) is 0 Å². The van der Waals surface area contributed by atoms with Gasteiger partial charge in [0.1, 0.15) is 29.3 Å². The third kappa shape index (κ3) is 3.98. The summed E-state index contributed by atoms with van der Waals surface area (Å²) in [5.74, 6) is 0. The number of rotatable bonds is 7. The Balaban J connectivity index is 2.30. The predicted octanol–water partition coefficient (Wildman–Crippen LogP) is 4.33. The third-order valence-electron chi connectivity index (χ3n) is 4.66. The SMILES string of the molecule is C=C(C[P+](c1ccccc1)(c1ccccc1)c1ccccc1)P(=O)(O)OC. The molecule has 1 N–H and O–H groups in total. The molecule has 27 heavy (non-hydrogen) atoms. The van der Waals surface area contributed by atoms with Crippen LogP contribution in [0.25, 0.3) is 0 Å². The van der Waals surface area contributed by atoms with Crippen molar-refractivity contribution >= 4 is 30.8 Å². The molecule has 0 amide bonds. The van der Waals surface area contributed by atoms with Crippen LogP contribution in [-0.2, 0) is 9.09 Å². The Morgan fingerprint density at radius 2 is 1.19 bits per heavy atom. The van der Waals surface area contributed by atoms with Crippen molar-refractivity contribution in [2.45, 2.75) is 0 Å². The lowest BCUT2D eigenvalue weighted by Crippen LogP contribution is -2.33. The van der Waals surface area contributed by atoms with Gasteiger partial charge in [0, 0.05) is 7.11 Å². The molecule has 5 heteroatoms. The fraction of sp³-hybridized carbons (Fsp3) is 0.0909. The number of hydrogen-bond acceptors (Lipinski definition) is 2. The molecule has 138 valence electrons. The summed E-state index contributed by atoms with van der Waals surface area (Å²) in [7, 11) is -4.87. The summed E-state index contributed by atoms with van der Waals surface area (Å²) in [5, 5.41) is 3.65. The molecule has 1 atom stereocenters. The normalized spacial score (nSPS) is 13.7. The predicted molar refractivity (Wildman–Crippen MR) is 116 cm³/mol. The van der Waals surface area contributed by atoms with E-state index in [1.165, 1.54) is 7.11 Å². The summed E-state index contributed by atoms with van der Waals surface area (Å²) >= 11 is 0. The molecule has 3 nitrogen and oxygen atoms in total. The maximum Gasteiger partial charge on any atom is 0.357 e. The van der Waals surface area contributed by atoms with Crippen LogP contribution >= 0.6 is 14.9 Å². The zero-order chi connectivity index (χ0) is 19.3. The lowest BCUT2D eigenvalue weighted by Gasteiger charge is -2.28. The molecule has 0 aliphatic rings. The van der Waals surface area contributed by atoms with Crippen LogP contribution in [0, 0.1) is 0 Å². The summed E-state index contributed by atoms with van der Waals surface area (Å²) in [6.07, 6.45) is 0.368. The van der Waals surface area contributed by atoms with Crippen molar-refractivity contribution in [3.05, 3.63) is 103 Å². The molecule has 0 fully saturated rings. The van der Waals surface area contributed by atoms with E-state index >= 15 is 0 Å². The van der Waals surface area contributed by atoms with Crippen molar-refractivity contribution in [2.75, 3.05) is 13.3 Å². The monoisotopic (exact) mass is 397 g/mol.